The minimum atomic E-state index is -4.52. The maximum Gasteiger partial charge on any atom is 0.416 e. The van der Waals surface area contributed by atoms with Gasteiger partial charge in [0.15, 0.2) is 0 Å². The van der Waals surface area contributed by atoms with Crippen LogP contribution in [0.15, 0.2) is 24.3 Å². The molecule has 0 aliphatic carbocycles. The highest BCUT2D eigenvalue weighted by atomic mass is 19.4. The van der Waals surface area contributed by atoms with Gasteiger partial charge in [-0.25, -0.2) is 0 Å². The molecule has 5 nitrogen and oxygen atoms in total. The molecule has 0 radical (unpaired) electrons. The zero-order valence-electron chi connectivity index (χ0n) is 15.2. The third-order valence-corrected chi connectivity index (χ3v) is 4.98. The Kier molecular flexibility index (Phi) is 5.39. The monoisotopic (exact) mass is 381 g/mol. The van der Waals surface area contributed by atoms with Gasteiger partial charge in [-0.15, -0.1) is 5.10 Å². The molecule has 27 heavy (non-hydrogen) atoms. The van der Waals surface area contributed by atoms with Crippen LogP contribution in [0, 0.1) is 12.8 Å². The summed E-state index contributed by atoms with van der Waals surface area (Å²) in [5, 5.41) is 28.5. The first-order chi connectivity index (χ1) is 12.6. The summed E-state index contributed by atoms with van der Waals surface area (Å²) in [6.45, 7) is 3.39. The second-order valence-corrected chi connectivity index (χ2v) is 7.18. The second-order valence-electron chi connectivity index (χ2n) is 7.18. The average molecular weight is 381 g/mol. The number of aromatic nitrogens is 2. The minimum absolute atomic E-state index is 0.0581. The molecule has 1 aromatic carbocycles. The van der Waals surface area contributed by atoms with E-state index in [1.807, 2.05) is 7.05 Å². The number of aliphatic hydroxyl groups excluding tert-OH is 1. The number of aryl methyl sites for hydroxylation is 1. The van der Waals surface area contributed by atoms with E-state index < -0.39 is 17.5 Å². The molecule has 1 aromatic heterocycles. The van der Waals surface area contributed by atoms with Crippen LogP contribution in [-0.4, -0.2) is 51.6 Å². The number of phenolic OH excluding ortho intramolecular Hbond substituents is 1. The molecule has 8 heteroatoms. The molecule has 0 amide bonds. The number of piperidine rings is 1. The van der Waals surface area contributed by atoms with Crippen LogP contribution in [-0.2, 0) is 12.6 Å². The van der Waals surface area contributed by atoms with Gasteiger partial charge in [0.05, 0.1) is 23.1 Å². The van der Waals surface area contributed by atoms with E-state index in [1.54, 1.807) is 13.0 Å². The molecule has 1 saturated heterocycles. The summed E-state index contributed by atoms with van der Waals surface area (Å²) in [5.41, 5.74) is 1.04. The van der Waals surface area contributed by atoms with Gasteiger partial charge in [0.25, 0.3) is 0 Å². The molecular weight excluding hydrogens is 359 g/mol. The number of hydrogen-bond donors (Lipinski definition) is 2. The van der Waals surface area contributed by atoms with E-state index in [4.69, 9.17) is 0 Å². The van der Waals surface area contributed by atoms with E-state index in [-0.39, 0.29) is 17.6 Å². The summed E-state index contributed by atoms with van der Waals surface area (Å²) in [5.74, 6) is -0.429. The number of alkyl halides is 3. The number of rotatable bonds is 3. The summed E-state index contributed by atoms with van der Waals surface area (Å²) in [6, 6.07) is 4.62. The number of aliphatic hydroxyl groups is 1. The molecule has 0 bridgehead atoms. The van der Waals surface area contributed by atoms with Crippen molar-refractivity contribution >= 4 is 0 Å². The largest absolute Gasteiger partial charge is 0.507 e. The van der Waals surface area contributed by atoms with Crippen LogP contribution in [0.2, 0.25) is 0 Å². The number of benzene rings is 1. The number of halogens is 3. The summed E-state index contributed by atoms with van der Waals surface area (Å²) < 4.78 is 38.3. The van der Waals surface area contributed by atoms with Gasteiger partial charge in [-0.1, -0.05) is 0 Å². The first-order valence-corrected chi connectivity index (χ1v) is 8.75. The molecule has 2 atom stereocenters. The molecule has 2 heterocycles. The molecule has 2 N–H and O–H groups in total. The topological polar surface area (TPSA) is 69.5 Å². The SMILES string of the molecule is Cc1cc(CC2CN(C)CCC2O)nnc1-c1ccc(C(F)(F)F)cc1O. The van der Waals surface area contributed by atoms with Crippen molar-refractivity contribution in [2.45, 2.75) is 32.0 Å². The smallest absolute Gasteiger partial charge is 0.416 e. The van der Waals surface area contributed by atoms with Gasteiger partial charge in [-0.05, 0) is 56.6 Å². The van der Waals surface area contributed by atoms with Crippen molar-refractivity contribution < 1.29 is 23.4 Å². The molecule has 1 aliphatic heterocycles. The van der Waals surface area contributed by atoms with Crippen LogP contribution in [0.25, 0.3) is 11.3 Å². The van der Waals surface area contributed by atoms with E-state index in [0.717, 1.165) is 19.2 Å². The van der Waals surface area contributed by atoms with E-state index in [0.29, 0.717) is 35.9 Å². The van der Waals surface area contributed by atoms with Crippen molar-refractivity contribution in [3.05, 3.63) is 41.1 Å². The zero-order valence-corrected chi connectivity index (χ0v) is 15.2. The maximum absolute atomic E-state index is 12.8. The summed E-state index contributed by atoms with van der Waals surface area (Å²) in [6.07, 6.45) is -3.62. The van der Waals surface area contributed by atoms with E-state index >= 15 is 0 Å². The van der Waals surface area contributed by atoms with Crippen molar-refractivity contribution in [3.8, 4) is 17.0 Å². The van der Waals surface area contributed by atoms with Crippen molar-refractivity contribution in [1.82, 2.24) is 15.1 Å². The quantitative estimate of drug-likeness (QED) is 0.855. The van der Waals surface area contributed by atoms with Gasteiger partial charge < -0.3 is 15.1 Å². The molecule has 3 rings (SSSR count). The van der Waals surface area contributed by atoms with Crippen molar-refractivity contribution in [2.75, 3.05) is 20.1 Å². The Morgan fingerprint density at radius 2 is 1.96 bits per heavy atom. The fourth-order valence-electron chi connectivity index (χ4n) is 3.49. The van der Waals surface area contributed by atoms with Gasteiger partial charge >= 0.3 is 6.18 Å². The average Bonchev–Trinajstić information content (AvgIpc) is 2.58. The van der Waals surface area contributed by atoms with Crippen LogP contribution < -0.4 is 0 Å². The van der Waals surface area contributed by atoms with Gasteiger partial charge in [-0.2, -0.15) is 18.3 Å². The van der Waals surface area contributed by atoms with E-state index in [1.165, 1.54) is 6.07 Å². The lowest BCUT2D eigenvalue weighted by atomic mass is 9.90. The van der Waals surface area contributed by atoms with E-state index in [2.05, 4.69) is 15.1 Å². The second kappa shape index (κ2) is 7.44. The van der Waals surface area contributed by atoms with E-state index in [9.17, 15) is 23.4 Å². The van der Waals surface area contributed by atoms with Crippen LogP contribution in [0.4, 0.5) is 13.2 Å². The predicted molar refractivity (Wildman–Crippen MR) is 94.2 cm³/mol. The highest BCUT2D eigenvalue weighted by Crippen LogP contribution is 2.36. The Hall–Kier alpha value is -2.19. The fraction of sp³-hybridized carbons (Fsp3) is 0.474. The van der Waals surface area contributed by atoms with Crippen LogP contribution >= 0.6 is 0 Å². The number of nitrogens with zero attached hydrogens (tertiary/aromatic N) is 3. The van der Waals surface area contributed by atoms with Gasteiger partial charge in [0, 0.05) is 24.6 Å². The Bertz CT molecular complexity index is 826. The standard InChI is InChI=1S/C19H22F3N3O2/c1-11-7-14(8-12-10-25(2)6-5-16(12)26)23-24-18(11)15-4-3-13(9-17(15)27)19(20,21)22/h3-4,7,9,12,16,26-27H,5-6,8,10H2,1-2H3. The predicted octanol–water partition coefficient (Wildman–Crippen LogP) is 3.03. The normalized spacial score (nSPS) is 21.4. The van der Waals surface area contributed by atoms with Gasteiger partial charge in [-0.3, -0.25) is 0 Å². The molecule has 0 spiro atoms. The molecule has 2 aromatic rings. The lowest BCUT2D eigenvalue weighted by molar-refractivity contribution is -0.137. The van der Waals surface area contributed by atoms with Gasteiger partial charge in [0.2, 0.25) is 0 Å². The van der Waals surface area contributed by atoms with Crippen molar-refractivity contribution in [3.63, 3.8) is 0 Å². The van der Waals surface area contributed by atoms with Crippen LogP contribution in [0.5, 0.6) is 5.75 Å². The highest BCUT2D eigenvalue weighted by Gasteiger charge is 2.31. The maximum atomic E-state index is 12.8. The molecule has 1 aliphatic rings. The lowest BCUT2D eigenvalue weighted by Crippen LogP contribution is -2.42. The van der Waals surface area contributed by atoms with Crippen LogP contribution in [0.1, 0.15) is 23.2 Å². The summed E-state index contributed by atoms with van der Waals surface area (Å²) >= 11 is 0. The Labute approximate surface area is 155 Å². The molecule has 2 unspecified atom stereocenters. The van der Waals surface area contributed by atoms with Crippen LogP contribution in [0.3, 0.4) is 0 Å². The fourth-order valence-corrected chi connectivity index (χ4v) is 3.49. The Morgan fingerprint density at radius 3 is 2.59 bits per heavy atom. The molecule has 146 valence electrons. The molecule has 1 fully saturated rings. The lowest BCUT2D eigenvalue weighted by Gasteiger charge is -2.33. The van der Waals surface area contributed by atoms with Gasteiger partial charge in [0.1, 0.15) is 5.75 Å². The minimum Gasteiger partial charge on any atom is -0.507 e. The third kappa shape index (κ3) is 4.39. The highest BCUT2D eigenvalue weighted by molar-refractivity contribution is 5.69. The first kappa shape index (κ1) is 19.6. The first-order valence-electron chi connectivity index (χ1n) is 8.75. The molecule has 0 saturated carbocycles. The summed E-state index contributed by atoms with van der Waals surface area (Å²) in [7, 11) is 2.01. The number of aromatic hydroxyl groups is 1. The van der Waals surface area contributed by atoms with Crippen molar-refractivity contribution in [2.24, 2.45) is 5.92 Å². The zero-order chi connectivity index (χ0) is 19.8. The number of hydrogen-bond acceptors (Lipinski definition) is 5. The number of likely N-dealkylation sites (tertiary alicyclic amines) is 1. The van der Waals surface area contributed by atoms with Crippen molar-refractivity contribution in [1.29, 1.82) is 0 Å². The summed E-state index contributed by atoms with van der Waals surface area (Å²) in [4.78, 5) is 2.16. The Morgan fingerprint density at radius 1 is 1.22 bits per heavy atom. The third-order valence-electron chi connectivity index (χ3n) is 4.98. The number of phenols is 1. The Balaban J connectivity index is 1.83. The molecular formula is C19H22F3N3O2.